The minimum absolute atomic E-state index is 0. The average molecular weight is 482 g/mol. The van der Waals surface area contributed by atoms with E-state index >= 15 is 0 Å². The number of hydrogen-bond acceptors (Lipinski definition) is 5. The van der Waals surface area contributed by atoms with E-state index in [4.69, 9.17) is 5.73 Å². The summed E-state index contributed by atoms with van der Waals surface area (Å²) >= 11 is 0. The van der Waals surface area contributed by atoms with Gasteiger partial charge >= 0.3 is 0 Å². The van der Waals surface area contributed by atoms with Crippen LogP contribution in [-0.4, -0.2) is 63.0 Å². The second-order valence-electron chi connectivity index (χ2n) is 5.66. The smallest absolute Gasteiger partial charge is 0.242 e. The molecule has 1 aliphatic heterocycles. The van der Waals surface area contributed by atoms with E-state index in [1.165, 1.54) is 24.9 Å². The molecule has 10 heteroatoms. The van der Waals surface area contributed by atoms with Crippen LogP contribution < -0.4 is 15.8 Å². The zero-order valence-electron chi connectivity index (χ0n) is 14.4. The second-order valence-corrected chi connectivity index (χ2v) is 7.43. The molecule has 2 heterocycles. The third-order valence-corrected chi connectivity index (χ3v) is 5.49. The van der Waals surface area contributed by atoms with Crippen molar-refractivity contribution in [2.75, 3.05) is 32.7 Å². The third-order valence-electron chi connectivity index (χ3n) is 4.05. The van der Waals surface area contributed by atoms with E-state index in [1.807, 2.05) is 0 Å². The number of pyridine rings is 1. The molecule has 0 aromatic carbocycles. The van der Waals surface area contributed by atoms with Gasteiger partial charge in [-0.05, 0) is 38.1 Å². The molecule has 2 rings (SSSR count). The zero-order valence-corrected chi connectivity index (χ0v) is 17.5. The van der Waals surface area contributed by atoms with E-state index in [9.17, 15) is 8.42 Å². The number of likely N-dealkylation sites (tertiary alicyclic amines) is 1. The van der Waals surface area contributed by atoms with Gasteiger partial charge < -0.3 is 11.1 Å². The van der Waals surface area contributed by atoms with Crippen molar-refractivity contribution in [1.82, 2.24) is 19.9 Å². The van der Waals surface area contributed by atoms with Crippen LogP contribution in [0, 0.1) is 0 Å². The maximum Gasteiger partial charge on any atom is 0.242 e. The molecule has 0 radical (unpaired) electrons. The third kappa shape index (κ3) is 7.04. The first-order chi connectivity index (χ1) is 11.5. The van der Waals surface area contributed by atoms with Crippen molar-refractivity contribution >= 4 is 40.0 Å². The lowest BCUT2D eigenvalue weighted by atomic mass is 10.2. The Bertz CT molecular complexity index is 641. The second kappa shape index (κ2) is 10.9. The molecule has 0 aliphatic carbocycles. The van der Waals surface area contributed by atoms with Gasteiger partial charge in [0.2, 0.25) is 10.0 Å². The molecule has 1 unspecified atom stereocenters. The molecule has 1 aromatic heterocycles. The lowest BCUT2D eigenvalue weighted by molar-refractivity contribution is 0.273. The summed E-state index contributed by atoms with van der Waals surface area (Å²) in [6.07, 6.45) is 5.20. The maximum absolute atomic E-state index is 12.0. The number of halogens is 1. The monoisotopic (exact) mass is 482 g/mol. The Hall–Kier alpha value is -0.980. The van der Waals surface area contributed by atoms with Crippen LogP contribution in [0.4, 0.5) is 0 Å². The number of aromatic nitrogens is 1. The van der Waals surface area contributed by atoms with E-state index in [1.54, 1.807) is 6.07 Å². The lowest BCUT2D eigenvalue weighted by Gasteiger charge is -2.20. The highest BCUT2D eigenvalue weighted by molar-refractivity contribution is 14.0. The molecule has 1 aliphatic rings. The molecule has 25 heavy (non-hydrogen) atoms. The molecule has 1 fully saturated rings. The number of hydrogen-bond donors (Lipinski definition) is 3. The number of nitrogens with one attached hydrogen (secondary N) is 2. The first-order valence-electron chi connectivity index (χ1n) is 8.20. The minimum atomic E-state index is -3.53. The summed E-state index contributed by atoms with van der Waals surface area (Å²) in [5, 5.41) is 2.93. The largest absolute Gasteiger partial charge is 0.370 e. The van der Waals surface area contributed by atoms with Crippen LogP contribution in [0.3, 0.4) is 0 Å². The molecule has 8 nitrogen and oxygen atoms in total. The summed E-state index contributed by atoms with van der Waals surface area (Å²) in [7, 11) is -3.53. The summed E-state index contributed by atoms with van der Waals surface area (Å²) in [6, 6.07) is 3.54. The van der Waals surface area contributed by atoms with Crippen molar-refractivity contribution in [3.63, 3.8) is 0 Å². The molecule has 1 aromatic rings. The van der Waals surface area contributed by atoms with Gasteiger partial charge in [0.05, 0.1) is 6.54 Å². The quantitative estimate of drug-likeness (QED) is 0.214. The highest BCUT2D eigenvalue weighted by atomic mass is 127. The molecule has 0 bridgehead atoms. The Morgan fingerprint density at radius 2 is 2.28 bits per heavy atom. The van der Waals surface area contributed by atoms with Crippen LogP contribution >= 0.6 is 24.0 Å². The average Bonchev–Trinajstić information content (AvgIpc) is 3.05. The Labute approximate surface area is 166 Å². The Morgan fingerprint density at radius 3 is 2.96 bits per heavy atom. The van der Waals surface area contributed by atoms with E-state index in [-0.39, 0.29) is 35.4 Å². The Morgan fingerprint density at radius 1 is 1.48 bits per heavy atom. The van der Waals surface area contributed by atoms with Gasteiger partial charge in [-0.25, -0.2) is 13.1 Å². The summed E-state index contributed by atoms with van der Waals surface area (Å²) < 4.78 is 26.5. The highest BCUT2D eigenvalue weighted by Crippen LogP contribution is 2.16. The topological polar surface area (TPSA) is 113 Å². The van der Waals surface area contributed by atoms with Gasteiger partial charge in [0, 0.05) is 31.5 Å². The molecule has 0 saturated carbocycles. The molecular formula is C15H27IN6O2S. The van der Waals surface area contributed by atoms with Gasteiger partial charge in [0.25, 0.3) is 0 Å². The standard InChI is InChI=1S/C15H26N6O2S.HI/c1-2-21-10-4-5-13(21)11-19-15(16)18-8-9-20-24(22,23)14-6-3-7-17-12-14;/h3,6-7,12-13,20H,2,4-5,8-11H2,1H3,(H3,16,18,19);1H. The van der Waals surface area contributed by atoms with Crippen molar-refractivity contribution in [3.8, 4) is 0 Å². The van der Waals surface area contributed by atoms with E-state index in [0.717, 1.165) is 19.5 Å². The highest BCUT2D eigenvalue weighted by Gasteiger charge is 2.22. The normalized spacial score (nSPS) is 18.8. The summed E-state index contributed by atoms with van der Waals surface area (Å²) in [4.78, 5) is 10.7. The van der Waals surface area contributed by atoms with E-state index in [2.05, 4.69) is 31.8 Å². The Balaban J connectivity index is 0.00000312. The fourth-order valence-corrected chi connectivity index (χ4v) is 3.74. The van der Waals surface area contributed by atoms with Crippen LogP contribution in [0.2, 0.25) is 0 Å². The van der Waals surface area contributed by atoms with Gasteiger partial charge in [0.15, 0.2) is 5.96 Å². The molecule has 142 valence electrons. The van der Waals surface area contributed by atoms with Crippen LogP contribution in [0.5, 0.6) is 0 Å². The molecule has 0 amide bonds. The van der Waals surface area contributed by atoms with Crippen molar-refractivity contribution in [2.45, 2.75) is 30.7 Å². The van der Waals surface area contributed by atoms with Gasteiger partial charge in [0.1, 0.15) is 4.90 Å². The number of guanidine groups is 1. The fraction of sp³-hybridized carbons (Fsp3) is 0.600. The van der Waals surface area contributed by atoms with Crippen LogP contribution in [-0.2, 0) is 10.0 Å². The summed E-state index contributed by atoms with van der Waals surface area (Å²) in [6.45, 7) is 5.57. The predicted molar refractivity (Wildman–Crippen MR) is 110 cm³/mol. The van der Waals surface area contributed by atoms with Crippen molar-refractivity contribution in [1.29, 1.82) is 0 Å². The number of rotatable bonds is 8. The van der Waals surface area contributed by atoms with Gasteiger partial charge in [-0.1, -0.05) is 6.92 Å². The maximum atomic E-state index is 12.0. The molecule has 0 spiro atoms. The molecular weight excluding hydrogens is 455 g/mol. The molecule has 1 atom stereocenters. The number of likely N-dealkylation sites (N-methyl/N-ethyl adjacent to an activating group) is 1. The Kier molecular flexibility index (Phi) is 9.61. The van der Waals surface area contributed by atoms with Gasteiger partial charge in [-0.15, -0.1) is 24.0 Å². The molecule has 4 N–H and O–H groups in total. The van der Waals surface area contributed by atoms with Crippen molar-refractivity contribution in [3.05, 3.63) is 24.5 Å². The van der Waals surface area contributed by atoms with E-state index < -0.39 is 10.0 Å². The lowest BCUT2D eigenvalue weighted by Crippen LogP contribution is -2.39. The molecule has 1 saturated heterocycles. The van der Waals surface area contributed by atoms with Gasteiger partial charge in [-0.2, -0.15) is 0 Å². The SMILES string of the molecule is CCN1CCCC1CN=C(N)NCCNS(=O)(=O)c1cccnc1.I. The summed E-state index contributed by atoms with van der Waals surface area (Å²) in [5.74, 6) is 0.346. The van der Waals surface area contributed by atoms with Crippen LogP contribution in [0.1, 0.15) is 19.8 Å². The number of aliphatic imine (C=N–C) groups is 1. The first kappa shape index (κ1) is 22.1. The van der Waals surface area contributed by atoms with Crippen molar-refractivity contribution in [2.24, 2.45) is 10.7 Å². The van der Waals surface area contributed by atoms with Crippen LogP contribution in [0.25, 0.3) is 0 Å². The van der Waals surface area contributed by atoms with E-state index in [0.29, 0.717) is 25.1 Å². The first-order valence-corrected chi connectivity index (χ1v) is 9.69. The fourth-order valence-electron chi connectivity index (χ4n) is 2.74. The predicted octanol–water partition coefficient (Wildman–Crippen LogP) is 0.367. The number of sulfonamides is 1. The number of nitrogens with zero attached hydrogens (tertiary/aromatic N) is 3. The number of nitrogens with two attached hydrogens (primary N) is 1. The minimum Gasteiger partial charge on any atom is -0.370 e. The van der Waals surface area contributed by atoms with Crippen LogP contribution in [0.15, 0.2) is 34.4 Å². The van der Waals surface area contributed by atoms with Crippen molar-refractivity contribution < 1.29 is 8.42 Å². The zero-order chi connectivity index (χ0) is 17.4. The summed E-state index contributed by atoms with van der Waals surface area (Å²) in [5.41, 5.74) is 5.83. The van der Waals surface area contributed by atoms with Gasteiger partial charge in [-0.3, -0.25) is 14.9 Å².